The molecule has 22 heavy (non-hydrogen) atoms. The second-order valence-corrected chi connectivity index (χ2v) is 6.28. The van der Waals surface area contributed by atoms with Crippen molar-refractivity contribution in [1.82, 2.24) is 0 Å². The first kappa shape index (κ1) is 16.3. The van der Waals surface area contributed by atoms with Gasteiger partial charge in [0.1, 0.15) is 0 Å². The molecule has 2 rings (SSSR count). The Kier molecular flexibility index (Phi) is 5.78. The number of benzene rings is 2. The van der Waals surface area contributed by atoms with Crippen molar-refractivity contribution in [1.29, 1.82) is 0 Å². The standard InChI is InChI=1S/C18H18O3S/c1-13(19)22-12-11-17(18(20)21)16-9-7-15(8-10-16)14-5-3-2-4-6-14/h2-10,17H,11-12H2,1H3,(H,20,21). The first-order valence-electron chi connectivity index (χ1n) is 7.09. The van der Waals surface area contributed by atoms with Crippen molar-refractivity contribution in [3.8, 4) is 11.1 Å². The van der Waals surface area contributed by atoms with Crippen LogP contribution in [0.25, 0.3) is 11.1 Å². The van der Waals surface area contributed by atoms with Gasteiger partial charge >= 0.3 is 5.97 Å². The number of carbonyl (C=O) groups excluding carboxylic acids is 1. The highest BCUT2D eigenvalue weighted by Crippen LogP contribution is 2.26. The molecule has 0 spiro atoms. The van der Waals surface area contributed by atoms with Crippen LogP contribution in [0.2, 0.25) is 0 Å². The zero-order valence-electron chi connectivity index (χ0n) is 12.4. The average molecular weight is 314 g/mol. The third kappa shape index (κ3) is 4.46. The number of carbonyl (C=O) groups is 2. The van der Waals surface area contributed by atoms with Crippen molar-refractivity contribution in [2.24, 2.45) is 0 Å². The summed E-state index contributed by atoms with van der Waals surface area (Å²) >= 11 is 1.17. The van der Waals surface area contributed by atoms with Crippen molar-refractivity contribution in [3.63, 3.8) is 0 Å². The van der Waals surface area contributed by atoms with Crippen LogP contribution in [0.5, 0.6) is 0 Å². The molecule has 3 nitrogen and oxygen atoms in total. The maximum atomic E-state index is 11.4. The second-order valence-electron chi connectivity index (χ2n) is 5.01. The van der Waals surface area contributed by atoms with Gasteiger partial charge in [0.25, 0.3) is 0 Å². The molecule has 0 saturated heterocycles. The lowest BCUT2D eigenvalue weighted by molar-refractivity contribution is -0.138. The van der Waals surface area contributed by atoms with Crippen LogP contribution in [-0.2, 0) is 9.59 Å². The van der Waals surface area contributed by atoms with Gasteiger partial charge in [-0.3, -0.25) is 9.59 Å². The summed E-state index contributed by atoms with van der Waals surface area (Å²) in [6.45, 7) is 1.50. The monoisotopic (exact) mass is 314 g/mol. The predicted molar refractivity (Wildman–Crippen MR) is 90.0 cm³/mol. The summed E-state index contributed by atoms with van der Waals surface area (Å²) < 4.78 is 0. The molecule has 0 aliphatic rings. The fourth-order valence-electron chi connectivity index (χ4n) is 2.29. The quantitative estimate of drug-likeness (QED) is 0.868. The van der Waals surface area contributed by atoms with Crippen molar-refractivity contribution in [3.05, 3.63) is 60.2 Å². The zero-order chi connectivity index (χ0) is 15.9. The Morgan fingerprint density at radius 2 is 1.59 bits per heavy atom. The molecule has 0 saturated carbocycles. The summed E-state index contributed by atoms with van der Waals surface area (Å²) in [5, 5.41) is 9.40. The van der Waals surface area contributed by atoms with E-state index in [9.17, 15) is 14.7 Å². The lowest BCUT2D eigenvalue weighted by Gasteiger charge is -2.13. The average Bonchev–Trinajstić information content (AvgIpc) is 2.52. The first-order chi connectivity index (χ1) is 10.6. The van der Waals surface area contributed by atoms with Crippen LogP contribution in [0.3, 0.4) is 0 Å². The van der Waals surface area contributed by atoms with E-state index in [0.717, 1.165) is 16.7 Å². The van der Waals surface area contributed by atoms with Gasteiger partial charge in [-0.05, 0) is 23.1 Å². The maximum Gasteiger partial charge on any atom is 0.311 e. The number of rotatable bonds is 6. The SMILES string of the molecule is CC(=O)SCCC(C(=O)O)c1ccc(-c2ccccc2)cc1. The minimum absolute atomic E-state index is 0.0172. The molecule has 2 aromatic carbocycles. The van der Waals surface area contributed by atoms with E-state index in [-0.39, 0.29) is 5.12 Å². The highest BCUT2D eigenvalue weighted by Gasteiger charge is 2.19. The second kappa shape index (κ2) is 7.80. The van der Waals surface area contributed by atoms with Crippen molar-refractivity contribution >= 4 is 22.8 Å². The molecule has 1 atom stereocenters. The van der Waals surface area contributed by atoms with Gasteiger partial charge in [-0.1, -0.05) is 66.4 Å². The van der Waals surface area contributed by atoms with E-state index in [4.69, 9.17) is 0 Å². The van der Waals surface area contributed by atoms with Crippen LogP contribution in [0.15, 0.2) is 54.6 Å². The molecule has 0 amide bonds. The van der Waals surface area contributed by atoms with Crippen LogP contribution >= 0.6 is 11.8 Å². The molecule has 0 aromatic heterocycles. The molecule has 0 heterocycles. The number of aliphatic carboxylic acids is 1. The Morgan fingerprint density at radius 3 is 2.14 bits per heavy atom. The highest BCUT2D eigenvalue weighted by atomic mass is 32.2. The Morgan fingerprint density at radius 1 is 1.00 bits per heavy atom. The van der Waals surface area contributed by atoms with Gasteiger partial charge in [-0.25, -0.2) is 0 Å². The molecule has 0 aliphatic carbocycles. The fourth-order valence-corrected chi connectivity index (χ4v) is 2.93. The van der Waals surface area contributed by atoms with E-state index in [1.807, 2.05) is 54.6 Å². The number of thioether (sulfide) groups is 1. The summed E-state index contributed by atoms with van der Waals surface area (Å²) in [5.41, 5.74) is 2.94. The number of hydrogen-bond acceptors (Lipinski definition) is 3. The Labute approximate surface area is 134 Å². The topological polar surface area (TPSA) is 54.4 Å². The molecular formula is C18H18O3S. The van der Waals surface area contributed by atoms with Crippen LogP contribution in [0.1, 0.15) is 24.8 Å². The highest BCUT2D eigenvalue weighted by molar-refractivity contribution is 8.13. The molecule has 0 aliphatic heterocycles. The lowest BCUT2D eigenvalue weighted by Crippen LogP contribution is -2.12. The van der Waals surface area contributed by atoms with E-state index in [0.29, 0.717) is 12.2 Å². The van der Waals surface area contributed by atoms with E-state index in [1.54, 1.807) is 0 Å². The van der Waals surface area contributed by atoms with Crippen LogP contribution in [0.4, 0.5) is 0 Å². The van der Waals surface area contributed by atoms with E-state index >= 15 is 0 Å². The van der Waals surface area contributed by atoms with E-state index < -0.39 is 11.9 Å². The summed E-state index contributed by atoms with van der Waals surface area (Å²) in [4.78, 5) is 22.4. The van der Waals surface area contributed by atoms with Gasteiger partial charge in [0.05, 0.1) is 5.92 Å². The molecular weight excluding hydrogens is 296 g/mol. The van der Waals surface area contributed by atoms with Crippen LogP contribution < -0.4 is 0 Å². The minimum Gasteiger partial charge on any atom is -0.481 e. The van der Waals surface area contributed by atoms with Crippen molar-refractivity contribution in [2.75, 3.05) is 5.75 Å². The molecule has 4 heteroatoms. The van der Waals surface area contributed by atoms with Gasteiger partial charge in [0.2, 0.25) is 0 Å². The molecule has 0 radical (unpaired) electrons. The Balaban J connectivity index is 2.12. The molecule has 0 bridgehead atoms. The normalized spacial score (nSPS) is 11.9. The maximum absolute atomic E-state index is 11.4. The summed E-state index contributed by atoms with van der Waals surface area (Å²) in [7, 11) is 0. The molecule has 114 valence electrons. The summed E-state index contributed by atoms with van der Waals surface area (Å²) in [6.07, 6.45) is 0.449. The van der Waals surface area contributed by atoms with Gasteiger partial charge < -0.3 is 5.11 Å². The Hall–Kier alpha value is -2.07. The Bertz CT molecular complexity index is 635. The summed E-state index contributed by atoms with van der Waals surface area (Å²) in [5.74, 6) is -0.902. The van der Waals surface area contributed by atoms with Gasteiger partial charge in [0, 0.05) is 12.7 Å². The van der Waals surface area contributed by atoms with Gasteiger partial charge in [-0.2, -0.15) is 0 Å². The number of carboxylic acids is 1. The third-order valence-electron chi connectivity index (χ3n) is 3.43. The number of hydrogen-bond donors (Lipinski definition) is 1. The van der Waals surface area contributed by atoms with Gasteiger partial charge in [-0.15, -0.1) is 0 Å². The molecule has 2 aromatic rings. The van der Waals surface area contributed by atoms with Crippen molar-refractivity contribution < 1.29 is 14.7 Å². The third-order valence-corrected chi connectivity index (χ3v) is 4.28. The predicted octanol–water partition coefficient (Wildman–Crippen LogP) is 4.19. The van der Waals surface area contributed by atoms with Crippen LogP contribution in [0, 0.1) is 0 Å². The molecule has 1 unspecified atom stereocenters. The molecule has 1 N–H and O–H groups in total. The smallest absolute Gasteiger partial charge is 0.311 e. The van der Waals surface area contributed by atoms with Gasteiger partial charge in [0.15, 0.2) is 5.12 Å². The summed E-state index contributed by atoms with van der Waals surface area (Å²) in [6, 6.07) is 17.6. The lowest BCUT2D eigenvalue weighted by atomic mass is 9.94. The largest absolute Gasteiger partial charge is 0.481 e. The fraction of sp³-hybridized carbons (Fsp3) is 0.222. The van der Waals surface area contributed by atoms with E-state index in [1.165, 1.54) is 18.7 Å². The molecule has 0 fully saturated rings. The van der Waals surface area contributed by atoms with Crippen LogP contribution in [-0.4, -0.2) is 21.9 Å². The van der Waals surface area contributed by atoms with E-state index in [2.05, 4.69) is 0 Å². The van der Waals surface area contributed by atoms with Crippen molar-refractivity contribution in [2.45, 2.75) is 19.3 Å². The zero-order valence-corrected chi connectivity index (χ0v) is 13.2. The minimum atomic E-state index is -0.850. The first-order valence-corrected chi connectivity index (χ1v) is 8.08. The number of carboxylic acid groups (broad SMARTS) is 1.